The molecule has 2 aliphatic heterocycles. The highest BCUT2D eigenvalue weighted by atomic mass is 35.5. The third-order valence-corrected chi connectivity index (χ3v) is 6.23. The molecule has 1 fully saturated rings. The zero-order valence-electron chi connectivity index (χ0n) is 16.7. The summed E-state index contributed by atoms with van der Waals surface area (Å²) in [5.74, 6) is 1.55. The number of fused-ring (bicyclic) bond motifs is 1. The summed E-state index contributed by atoms with van der Waals surface area (Å²) in [6.07, 6.45) is 1.12. The smallest absolute Gasteiger partial charge is 0.126 e. The van der Waals surface area contributed by atoms with Crippen molar-refractivity contribution >= 4 is 11.6 Å². The van der Waals surface area contributed by atoms with Crippen molar-refractivity contribution in [3.8, 4) is 11.5 Å². The van der Waals surface area contributed by atoms with Crippen LogP contribution in [-0.4, -0.2) is 47.0 Å². The molecule has 29 heavy (non-hydrogen) atoms. The molecule has 1 saturated heterocycles. The van der Waals surface area contributed by atoms with Crippen molar-refractivity contribution in [3.63, 3.8) is 0 Å². The number of hydrogen-bond donors (Lipinski definition) is 2. The van der Waals surface area contributed by atoms with E-state index in [1.807, 2.05) is 37.3 Å². The Kier molecular flexibility index (Phi) is 6.02. The van der Waals surface area contributed by atoms with Gasteiger partial charge < -0.3 is 24.6 Å². The summed E-state index contributed by atoms with van der Waals surface area (Å²) in [6, 6.07) is 13.1. The molecule has 0 aliphatic carbocycles. The van der Waals surface area contributed by atoms with Gasteiger partial charge in [0, 0.05) is 36.6 Å². The van der Waals surface area contributed by atoms with E-state index in [1.165, 1.54) is 0 Å². The first-order valence-electron chi connectivity index (χ1n) is 10.3. The molecule has 0 unspecified atom stereocenters. The molecule has 5 nitrogen and oxygen atoms in total. The van der Waals surface area contributed by atoms with Crippen LogP contribution in [0.3, 0.4) is 0 Å². The molecule has 0 amide bonds. The zero-order chi connectivity index (χ0) is 20.4. The van der Waals surface area contributed by atoms with Crippen molar-refractivity contribution in [3.05, 3.63) is 58.6 Å². The molecule has 2 aromatic carbocycles. The SMILES string of the molecule is CCOc1ccc([C@H](O)CN2CCC3(CC2)C[C@@H](O)c2cc(Cl)ccc2O3)cc1. The third-order valence-electron chi connectivity index (χ3n) is 6.00. The number of β-amino-alcohol motifs (C(OH)–C–C–N with tert-alkyl or cyclic N) is 1. The molecule has 2 heterocycles. The van der Waals surface area contributed by atoms with Crippen LogP contribution >= 0.6 is 11.6 Å². The maximum Gasteiger partial charge on any atom is 0.126 e. The Morgan fingerprint density at radius 2 is 1.93 bits per heavy atom. The minimum absolute atomic E-state index is 0.346. The van der Waals surface area contributed by atoms with E-state index in [0.717, 1.165) is 48.6 Å². The van der Waals surface area contributed by atoms with Crippen LogP contribution in [0.25, 0.3) is 0 Å². The van der Waals surface area contributed by atoms with Crippen LogP contribution in [0.4, 0.5) is 0 Å². The standard InChI is InChI=1S/C23H28ClNO4/c1-2-28-18-6-3-16(4-7-18)21(27)15-25-11-9-23(10-12-25)14-20(26)19-13-17(24)5-8-22(19)29-23/h3-8,13,20-21,26-27H,2,9-12,14-15H2,1H3/t20-,21-/m1/s1. The van der Waals surface area contributed by atoms with Crippen LogP contribution in [0.1, 0.15) is 49.5 Å². The largest absolute Gasteiger partial charge is 0.494 e. The second kappa shape index (κ2) is 8.52. The molecule has 0 aromatic heterocycles. The van der Waals surface area contributed by atoms with Gasteiger partial charge in [0.15, 0.2) is 0 Å². The van der Waals surface area contributed by atoms with Gasteiger partial charge in [0.05, 0.1) is 18.8 Å². The molecule has 0 radical (unpaired) electrons. The van der Waals surface area contributed by atoms with E-state index < -0.39 is 12.2 Å². The molecule has 0 bridgehead atoms. The molecule has 156 valence electrons. The van der Waals surface area contributed by atoms with Gasteiger partial charge >= 0.3 is 0 Å². The fraction of sp³-hybridized carbons (Fsp3) is 0.478. The zero-order valence-corrected chi connectivity index (χ0v) is 17.4. The van der Waals surface area contributed by atoms with Gasteiger partial charge in [0.25, 0.3) is 0 Å². The fourth-order valence-electron chi connectivity index (χ4n) is 4.36. The van der Waals surface area contributed by atoms with E-state index in [0.29, 0.717) is 24.6 Å². The molecule has 2 N–H and O–H groups in total. The van der Waals surface area contributed by atoms with E-state index >= 15 is 0 Å². The van der Waals surface area contributed by atoms with Gasteiger partial charge in [0.1, 0.15) is 17.1 Å². The predicted molar refractivity (Wildman–Crippen MR) is 113 cm³/mol. The lowest BCUT2D eigenvalue weighted by Crippen LogP contribution is -2.51. The van der Waals surface area contributed by atoms with Gasteiger partial charge in [-0.3, -0.25) is 0 Å². The van der Waals surface area contributed by atoms with Crippen molar-refractivity contribution in [2.24, 2.45) is 0 Å². The number of piperidine rings is 1. The molecule has 2 atom stereocenters. The van der Waals surface area contributed by atoms with Crippen LogP contribution in [-0.2, 0) is 0 Å². The number of aliphatic hydroxyl groups is 2. The normalized spacial score (nSPS) is 22.0. The van der Waals surface area contributed by atoms with Gasteiger partial charge in [-0.05, 0) is 55.7 Å². The lowest BCUT2D eigenvalue weighted by atomic mass is 9.81. The maximum absolute atomic E-state index is 10.6. The summed E-state index contributed by atoms with van der Waals surface area (Å²) < 4.78 is 11.8. The lowest BCUT2D eigenvalue weighted by Gasteiger charge is -2.46. The Balaban J connectivity index is 1.35. The van der Waals surface area contributed by atoms with E-state index in [-0.39, 0.29) is 5.60 Å². The molecule has 1 spiro atoms. The minimum atomic E-state index is -0.557. The van der Waals surface area contributed by atoms with Crippen molar-refractivity contribution in [1.82, 2.24) is 4.90 Å². The second-order valence-corrected chi connectivity index (χ2v) is 8.44. The molecule has 2 aromatic rings. The highest BCUT2D eigenvalue weighted by Gasteiger charge is 2.43. The molecular formula is C23H28ClNO4. The number of aliphatic hydroxyl groups excluding tert-OH is 2. The number of rotatable bonds is 5. The monoisotopic (exact) mass is 417 g/mol. The van der Waals surface area contributed by atoms with Crippen molar-refractivity contribution < 1.29 is 19.7 Å². The van der Waals surface area contributed by atoms with Crippen LogP contribution in [0.2, 0.25) is 5.02 Å². The lowest BCUT2D eigenvalue weighted by molar-refractivity contribution is -0.0587. The number of likely N-dealkylation sites (tertiary alicyclic amines) is 1. The highest BCUT2D eigenvalue weighted by molar-refractivity contribution is 6.30. The number of benzene rings is 2. The Morgan fingerprint density at radius 3 is 2.62 bits per heavy atom. The second-order valence-electron chi connectivity index (χ2n) is 8.01. The van der Waals surface area contributed by atoms with Gasteiger partial charge in [-0.2, -0.15) is 0 Å². The number of hydrogen-bond acceptors (Lipinski definition) is 5. The van der Waals surface area contributed by atoms with Gasteiger partial charge in [-0.15, -0.1) is 0 Å². The summed E-state index contributed by atoms with van der Waals surface area (Å²) >= 11 is 6.06. The highest BCUT2D eigenvalue weighted by Crippen LogP contribution is 2.45. The van der Waals surface area contributed by atoms with E-state index in [2.05, 4.69) is 4.90 Å². The predicted octanol–water partition coefficient (Wildman–Crippen LogP) is 4.12. The van der Waals surface area contributed by atoms with Crippen molar-refractivity contribution in [2.75, 3.05) is 26.2 Å². The van der Waals surface area contributed by atoms with Gasteiger partial charge in [-0.1, -0.05) is 23.7 Å². The fourth-order valence-corrected chi connectivity index (χ4v) is 4.54. The van der Waals surface area contributed by atoms with Crippen LogP contribution in [0.5, 0.6) is 11.5 Å². The average molecular weight is 418 g/mol. The Labute approximate surface area is 176 Å². The van der Waals surface area contributed by atoms with Crippen LogP contribution < -0.4 is 9.47 Å². The van der Waals surface area contributed by atoms with Crippen LogP contribution in [0.15, 0.2) is 42.5 Å². The molecule has 2 aliphatic rings. The first-order chi connectivity index (χ1) is 14.0. The molecular weight excluding hydrogens is 390 g/mol. The first-order valence-corrected chi connectivity index (χ1v) is 10.7. The third kappa shape index (κ3) is 4.53. The van der Waals surface area contributed by atoms with Crippen molar-refractivity contribution in [1.29, 1.82) is 0 Å². The summed E-state index contributed by atoms with van der Waals surface area (Å²) in [5.41, 5.74) is 1.32. The molecule has 0 saturated carbocycles. The van der Waals surface area contributed by atoms with Gasteiger partial charge in [0.2, 0.25) is 0 Å². The molecule has 6 heteroatoms. The average Bonchev–Trinajstić information content (AvgIpc) is 2.71. The summed E-state index contributed by atoms with van der Waals surface area (Å²) in [7, 11) is 0. The van der Waals surface area contributed by atoms with Gasteiger partial charge in [-0.25, -0.2) is 0 Å². The van der Waals surface area contributed by atoms with E-state index in [4.69, 9.17) is 21.1 Å². The van der Waals surface area contributed by atoms with Crippen LogP contribution in [0, 0.1) is 0 Å². The Bertz CT molecular complexity index is 833. The summed E-state index contributed by atoms with van der Waals surface area (Å²) in [6.45, 7) is 4.81. The maximum atomic E-state index is 10.6. The summed E-state index contributed by atoms with van der Waals surface area (Å²) in [5, 5.41) is 21.9. The first kappa shape index (κ1) is 20.5. The minimum Gasteiger partial charge on any atom is -0.494 e. The number of ether oxygens (including phenoxy) is 2. The van der Waals surface area contributed by atoms with E-state index in [9.17, 15) is 10.2 Å². The summed E-state index contributed by atoms with van der Waals surface area (Å²) in [4.78, 5) is 2.26. The quantitative estimate of drug-likeness (QED) is 0.766. The number of halogens is 1. The van der Waals surface area contributed by atoms with Crippen molar-refractivity contribution in [2.45, 2.75) is 44.0 Å². The number of nitrogens with zero attached hydrogens (tertiary/aromatic N) is 1. The Hall–Kier alpha value is -1.79. The topological polar surface area (TPSA) is 62.2 Å². The Morgan fingerprint density at radius 1 is 1.21 bits per heavy atom. The van der Waals surface area contributed by atoms with E-state index in [1.54, 1.807) is 12.1 Å². The molecule has 4 rings (SSSR count).